The van der Waals surface area contributed by atoms with Crippen molar-refractivity contribution in [3.8, 4) is 0 Å². The summed E-state index contributed by atoms with van der Waals surface area (Å²) in [6.07, 6.45) is 4.93. The monoisotopic (exact) mass is 307 g/mol. The molecule has 2 amide bonds. The minimum atomic E-state index is -0.0574. The Labute approximate surface area is 130 Å². The molecular weight excluding hydrogens is 282 g/mol. The Balaban J connectivity index is 2.04. The summed E-state index contributed by atoms with van der Waals surface area (Å²) in [6, 6.07) is 0.0441. The van der Waals surface area contributed by atoms with Gasteiger partial charge in [0.05, 0.1) is 11.8 Å². The fourth-order valence-corrected chi connectivity index (χ4v) is 2.79. The second kappa shape index (κ2) is 7.40. The predicted octanol–water partition coefficient (Wildman–Crippen LogP) is 0.188. The van der Waals surface area contributed by atoms with Crippen LogP contribution in [0.5, 0.6) is 0 Å². The molecule has 1 aromatic heterocycles. The number of carbonyl (C=O) groups is 2. The first-order chi connectivity index (χ1) is 10.5. The molecule has 2 rings (SSSR count). The van der Waals surface area contributed by atoms with E-state index in [0.29, 0.717) is 25.1 Å². The van der Waals surface area contributed by atoms with Gasteiger partial charge in [0.25, 0.3) is 5.91 Å². The average Bonchev–Trinajstić information content (AvgIpc) is 2.85. The summed E-state index contributed by atoms with van der Waals surface area (Å²) in [5, 5.41) is 7.02. The molecule has 1 aromatic rings. The Kier molecular flexibility index (Phi) is 5.54. The quantitative estimate of drug-likeness (QED) is 0.812. The van der Waals surface area contributed by atoms with Crippen LogP contribution in [0.2, 0.25) is 0 Å². The van der Waals surface area contributed by atoms with Crippen molar-refractivity contribution in [2.45, 2.75) is 38.6 Å². The zero-order valence-electron chi connectivity index (χ0n) is 13.3. The summed E-state index contributed by atoms with van der Waals surface area (Å²) in [4.78, 5) is 26.2. The van der Waals surface area contributed by atoms with Crippen molar-refractivity contribution < 1.29 is 9.59 Å². The Morgan fingerprint density at radius 3 is 2.86 bits per heavy atom. The third kappa shape index (κ3) is 3.65. The van der Waals surface area contributed by atoms with Crippen LogP contribution in [0.25, 0.3) is 0 Å². The average molecular weight is 307 g/mol. The smallest absolute Gasteiger partial charge is 0.257 e. The van der Waals surface area contributed by atoms with Crippen molar-refractivity contribution in [3.05, 3.63) is 17.5 Å². The molecule has 0 aromatic carbocycles. The number of nitrogens with one attached hydrogen (secondary N) is 1. The van der Waals surface area contributed by atoms with Crippen LogP contribution in [0, 0.1) is 6.92 Å². The van der Waals surface area contributed by atoms with Crippen LogP contribution in [0.3, 0.4) is 0 Å². The molecule has 1 aliphatic rings. The lowest BCUT2D eigenvalue weighted by molar-refractivity contribution is -0.121. The van der Waals surface area contributed by atoms with E-state index in [-0.39, 0.29) is 17.9 Å². The molecule has 0 spiro atoms. The van der Waals surface area contributed by atoms with E-state index in [2.05, 4.69) is 10.4 Å². The summed E-state index contributed by atoms with van der Waals surface area (Å²) in [5.41, 5.74) is 6.88. The molecule has 1 atom stereocenters. The molecule has 0 radical (unpaired) electrons. The Hall–Kier alpha value is -1.89. The van der Waals surface area contributed by atoms with E-state index < -0.39 is 0 Å². The summed E-state index contributed by atoms with van der Waals surface area (Å²) in [7, 11) is 1.83. The van der Waals surface area contributed by atoms with Crippen LogP contribution < -0.4 is 11.1 Å². The van der Waals surface area contributed by atoms with Gasteiger partial charge in [-0.15, -0.1) is 0 Å². The van der Waals surface area contributed by atoms with Gasteiger partial charge in [0, 0.05) is 44.8 Å². The highest BCUT2D eigenvalue weighted by Gasteiger charge is 2.29. The van der Waals surface area contributed by atoms with Gasteiger partial charge in [0.15, 0.2) is 0 Å². The molecular formula is C15H25N5O2. The van der Waals surface area contributed by atoms with Crippen LogP contribution in [-0.2, 0) is 11.8 Å². The first kappa shape index (κ1) is 16.5. The number of piperidine rings is 1. The minimum Gasteiger partial charge on any atom is -0.354 e. The lowest BCUT2D eigenvalue weighted by atomic mass is 10.0. The molecule has 2 heterocycles. The molecule has 122 valence electrons. The molecule has 1 unspecified atom stereocenters. The number of aryl methyl sites for hydroxylation is 1. The molecule has 0 aliphatic carbocycles. The number of aromatic nitrogens is 2. The van der Waals surface area contributed by atoms with E-state index >= 15 is 0 Å². The number of nitrogens with two attached hydrogens (primary N) is 1. The van der Waals surface area contributed by atoms with Crippen molar-refractivity contribution >= 4 is 11.8 Å². The fourth-order valence-electron chi connectivity index (χ4n) is 2.79. The Morgan fingerprint density at radius 1 is 1.45 bits per heavy atom. The van der Waals surface area contributed by atoms with Gasteiger partial charge < -0.3 is 16.0 Å². The number of amides is 2. The topological polar surface area (TPSA) is 93.2 Å². The molecule has 3 N–H and O–H groups in total. The van der Waals surface area contributed by atoms with E-state index in [0.717, 1.165) is 31.5 Å². The molecule has 0 bridgehead atoms. The van der Waals surface area contributed by atoms with Gasteiger partial charge in [-0.25, -0.2) is 0 Å². The maximum absolute atomic E-state index is 12.8. The number of rotatable bonds is 5. The maximum atomic E-state index is 12.8. The molecule has 1 saturated heterocycles. The molecule has 22 heavy (non-hydrogen) atoms. The van der Waals surface area contributed by atoms with Gasteiger partial charge in [-0.2, -0.15) is 5.10 Å². The van der Waals surface area contributed by atoms with Crippen molar-refractivity contribution in [2.75, 3.05) is 19.6 Å². The van der Waals surface area contributed by atoms with Gasteiger partial charge in [-0.3, -0.25) is 14.3 Å². The third-order valence-corrected chi connectivity index (χ3v) is 4.26. The van der Waals surface area contributed by atoms with Gasteiger partial charge >= 0.3 is 0 Å². The minimum absolute atomic E-state index is 0.00312. The first-order valence-corrected chi connectivity index (χ1v) is 7.81. The maximum Gasteiger partial charge on any atom is 0.257 e. The highest BCUT2D eigenvalue weighted by atomic mass is 16.2. The van der Waals surface area contributed by atoms with Gasteiger partial charge in [0.1, 0.15) is 0 Å². The number of nitrogens with zero attached hydrogens (tertiary/aromatic N) is 3. The lowest BCUT2D eigenvalue weighted by Gasteiger charge is -2.35. The number of hydrogen-bond acceptors (Lipinski definition) is 4. The standard InChI is InChI=1S/C15H25N5O2/c1-11-13(10-18-19(11)2)15(22)20-8-4-3-5-12(20)9-17-14(21)6-7-16/h10,12H,3-9,16H2,1-2H3,(H,17,21). The van der Waals surface area contributed by atoms with Crippen LogP contribution in [0.1, 0.15) is 41.7 Å². The Morgan fingerprint density at radius 2 is 2.23 bits per heavy atom. The van der Waals surface area contributed by atoms with Gasteiger partial charge in [0.2, 0.25) is 5.91 Å². The van der Waals surface area contributed by atoms with Crippen molar-refractivity contribution in [2.24, 2.45) is 12.8 Å². The van der Waals surface area contributed by atoms with Crippen molar-refractivity contribution in [1.82, 2.24) is 20.0 Å². The van der Waals surface area contributed by atoms with Gasteiger partial charge in [-0.05, 0) is 26.2 Å². The van der Waals surface area contributed by atoms with E-state index in [9.17, 15) is 9.59 Å². The largest absolute Gasteiger partial charge is 0.354 e. The summed E-state index contributed by atoms with van der Waals surface area (Å²) in [6.45, 7) is 3.45. The van der Waals surface area contributed by atoms with Crippen LogP contribution in [0.4, 0.5) is 0 Å². The second-order valence-electron chi connectivity index (χ2n) is 5.76. The predicted molar refractivity (Wildman–Crippen MR) is 83.3 cm³/mol. The molecule has 1 aliphatic heterocycles. The molecule has 1 fully saturated rings. The zero-order valence-corrected chi connectivity index (χ0v) is 13.3. The van der Waals surface area contributed by atoms with Crippen LogP contribution in [-0.4, -0.2) is 52.2 Å². The van der Waals surface area contributed by atoms with Crippen molar-refractivity contribution in [3.63, 3.8) is 0 Å². The number of hydrogen-bond donors (Lipinski definition) is 2. The van der Waals surface area contributed by atoms with Crippen LogP contribution in [0.15, 0.2) is 6.20 Å². The SMILES string of the molecule is Cc1c(C(=O)N2CCCCC2CNC(=O)CCN)cnn1C. The molecule has 0 saturated carbocycles. The summed E-state index contributed by atoms with van der Waals surface area (Å²) >= 11 is 0. The summed E-state index contributed by atoms with van der Waals surface area (Å²) < 4.78 is 1.70. The fraction of sp³-hybridized carbons (Fsp3) is 0.667. The normalized spacial score (nSPS) is 18.3. The highest BCUT2D eigenvalue weighted by molar-refractivity contribution is 5.95. The van der Waals surface area contributed by atoms with Gasteiger partial charge in [-0.1, -0.05) is 0 Å². The third-order valence-electron chi connectivity index (χ3n) is 4.26. The van der Waals surface area contributed by atoms with Crippen molar-refractivity contribution in [1.29, 1.82) is 0 Å². The van der Waals surface area contributed by atoms with E-state index in [1.807, 2.05) is 18.9 Å². The highest BCUT2D eigenvalue weighted by Crippen LogP contribution is 2.20. The van der Waals surface area contributed by atoms with Crippen LogP contribution >= 0.6 is 0 Å². The Bertz CT molecular complexity index is 540. The lowest BCUT2D eigenvalue weighted by Crippen LogP contribution is -2.49. The number of likely N-dealkylation sites (tertiary alicyclic amines) is 1. The zero-order chi connectivity index (χ0) is 16.1. The van der Waals surface area contributed by atoms with E-state index in [4.69, 9.17) is 5.73 Å². The second-order valence-corrected chi connectivity index (χ2v) is 5.76. The van der Waals surface area contributed by atoms with E-state index in [1.54, 1.807) is 10.9 Å². The first-order valence-electron chi connectivity index (χ1n) is 7.81. The number of carbonyl (C=O) groups excluding carboxylic acids is 2. The summed E-state index contributed by atoms with van der Waals surface area (Å²) in [5.74, 6) is -0.0543. The molecule has 7 heteroatoms. The molecule has 7 nitrogen and oxygen atoms in total. The van der Waals surface area contributed by atoms with E-state index in [1.165, 1.54) is 0 Å².